The predicted molar refractivity (Wildman–Crippen MR) is 120 cm³/mol. The van der Waals surface area contributed by atoms with E-state index in [1.165, 1.54) is 15.6 Å². The normalized spacial score (nSPS) is 19.6. The first-order chi connectivity index (χ1) is 14.5. The summed E-state index contributed by atoms with van der Waals surface area (Å²) in [5, 5.41) is 4.75. The number of carbonyl (C=O) groups excluding carboxylic acids is 1. The first kappa shape index (κ1) is 21.8. The van der Waals surface area contributed by atoms with Gasteiger partial charge in [0.15, 0.2) is 0 Å². The Morgan fingerprint density at radius 2 is 1.90 bits per heavy atom. The molecule has 2 saturated heterocycles. The Hall–Kier alpha value is -1.46. The standard InChI is InChI=1S/C20H26N4O3S3/c25-20(19-18(6-12-29-19)30(26,27)24-10-13-28-14-11-24)22-16-4-8-23(9-5-16)15-17-3-1-2-7-21-17/h1-3,6-7,12,16H,4-5,8-11,13-15H2,(H,22,25). The van der Waals surface area contributed by atoms with Crippen LogP contribution in [0, 0.1) is 0 Å². The fourth-order valence-corrected chi connectivity index (χ4v) is 7.68. The van der Waals surface area contributed by atoms with Crippen molar-refractivity contribution >= 4 is 39.0 Å². The molecule has 30 heavy (non-hydrogen) atoms. The number of carbonyl (C=O) groups is 1. The number of thiophene rings is 1. The molecule has 2 fully saturated rings. The Labute approximate surface area is 185 Å². The molecule has 1 amide bonds. The number of likely N-dealkylation sites (tertiary alicyclic amines) is 1. The lowest BCUT2D eigenvalue weighted by Crippen LogP contribution is -2.44. The number of rotatable bonds is 6. The molecule has 7 nitrogen and oxygen atoms in total. The van der Waals surface area contributed by atoms with E-state index in [2.05, 4.69) is 15.2 Å². The van der Waals surface area contributed by atoms with E-state index < -0.39 is 10.0 Å². The number of hydrogen-bond donors (Lipinski definition) is 1. The number of sulfonamides is 1. The summed E-state index contributed by atoms with van der Waals surface area (Å²) in [6.07, 6.45) is 3.49. The van der Waals surface area contributed by atoms with Crippen molar-refractivity contribution in [2.45, 2.75) is 30.3 Å². The third-order valence-corrected chi connectivity index (χ3v) is 9.38. The van der Waals surface area contributed by atoms with Gasteiger partial charge in [0.2, 0.25) is 10.0 Å². The topological polar surface area (TPSA) is 82.6 Å². The van der Waals surface area contributed by atoms with Gasteiger partial charge in [0.1, 0.15) is 9.77 Å². The van der Waals surface area contributed by atoms with Crippen LogP contribution < -0.4 is 5.32 Å². The third kappa shape index (κ3) is 5.05. The molecule has 2 aliphatic rings. The summed E-state index contributed by atoms with van der Waals surface area (Å²) in [6.45, 7) is 3.56. The zero-order chi connectivity index (χ0) is 21.0. The van der Waals surface area contributed by atoms with Gasteiger partial charge in [0, 0.05) is 56.5 Å². The van der Waals surface area contributed by atoms with Crippen molar-refractivity contribution in [1.82, 2.24) is 19.5 Å². The lowest BCUT2D eigenvalue weighted by molar-refractivity contribution is 0.0909. The van der Waals surface area contributed by atoms with Gasteiger partial charge in [-0.1, -0.05) is 6.07 Å². The maximum absolute atomic E-state index is 13.0. The molecular weight excluding hydrogens is 440 g/mol. The van der Waals surface area contributed by atoms with Gasteiger partial charge in [-0.05, 0) is 36.4 Å². The molecule has 162 valence electrons. The average molecular weight is 467 g/mol. The van der Waals surface area contributed by atoms with Crippen LogP contribution in [0.25, 0.3) is 0 Å². The van der Waals surface area contributed by atoms with E-state index in [4.69, 9.17) is 0 Å². The van der Waals surface area contributed by atoms with Gasteiger partial charge >= 0.3 is 0 Å². The first-order valence-electron chi connectivity index (χ1n) is 10.1. The van der Waals surface area contributed by atoms with E-state index in [0.29, 0.717) is 18.0 Å². The zero-order valence-electron chi connectivity index (χ0n) is 16.7. The summed E-state index contributed by atoms with van der Waals surface area (Å²) in [7, 11) is -3.62. The summed E-state index contributed by atoms with van der Waals surface area (Å²) in [4.78, 5) is 20.0. The maximum Gasteiger partial charge on any atom is 0.262 e. The Balaban J connectivity index is 1.35. The summed E-state index contributed by atoms with van der Waals surface area (Å²) < 4.78 is 27.5. The van der Waals surface area contributed by atoms with Crippen molar-refractivity contribution in [2.24, 2.45) is 0 Å². The molecule has 4 rings (SSSR count). The molecule has 0 aromatic carbocycles. The van der Waals surface area contributed by atoms with E-state index in [1.54, 1.807) is 29.4 Å². The molecule has 0 radical (unpaired) electrons. The van der Waals surface area contributed by atoms with Gasteiger partial charge in [-0.3, -0.25) is 14.7 Å². The van der Waals surface area contributed by atoms with Crippen LogP contribution in [0.1, 0.15) is 28.2 Å². The number of piperidine rings is 1. The molecule has 0 bridgehead atoms. The van der Waals surface area contributed by atoms with Crippen molar-refractivity contribution in [2.75, 3.05) is 37.7 Å². The second kappa shape index (κ2) is 9.78. The molecular formula is C20H26N4O3S3. The van der Waals surface area contributed by atoms with E-state index >= 15 is 0 Å². The van der Waals surface area contributed by atoms with E-state index in [-0.39, 0.29) is 16.8 Å². The largest absolute Gasteiger partial charge is 0.348 e. The van der Waals surface area contributed by atoms with Crippen LogP contribution in [0.2, 0.25) is 0 Å². The third-order valence-electron chi connectivity index (χ3n) is 5.46. The van der Waals surface area contributed by atoms with Crippen molar-refractivity contribution in [3.63, 3.8) is 0 Å². The minimum absolute atomic E-state index is 0.0570. The van der Waals surface area contributed by atoms with Crippen LogP contribution in [0.5, 0.6) is 0 Å². The number of aromatic nitrogens is 1. The van der Waals surface area contributed by atoms with Crippen molar-refractivity contribution < 1.29 is 13.2 Å². The molecule has 0 atom stereocenters. The minimum Gasteiger partial charge on any atom is -0.348 e. The molecule has 0 unspecified atom stereocenters. The number of nitrogens with one attached hydrogen (secondary N) is 1. The van der Waals surface area contributed by atoms with Gasteiger partial charge in [0.05, 0.1) is 5.69 Å². The Kier molecular flexibility index (Phi) is 7.09. The molecule has 2 aliphatic heterocycles. The Morgan fingerprint density at radius 1 is 1.13 bits per heavy atom. The number of pyridine rings is 1. The SMILES string of the molecule is O=C(NC1CCN(Cc2ccccn2)CC1)c1sccc1S(=O)(=O)N1CCSCC1. The average Bonchev–Trinajstić information content (AvgIpc) is 3.28. The zero-order valence-corrected chi connectivity index (χ0v) is 19.1. The highest BCUT2D eigenvalue weighted by molar-refractivity contribution is 7.99. The number of hydrogen-bond acceptors (Lipinski definition) is 7. The van der Waals surface area contributed by atoms with Crippen LogP contribution in [-0.4, -0.2) is 72.2 Å². The first-order valence-corrected chi connectivity index (χ1v) is 13.6. The van der Waals surface area contributed by atoms with Gasteiger partial charge in [-0.25, -0.2) is 8.42 Å². The van der Waals surface area contributed by atoms with Crippen LogP contribution in [-0.2, 0) is 16.6 Å². The van der Waals surface area contributed by atoms with E-state index in [0.717, 1.165) is 49.7 Å². The monoisotopic (exact) mass is 466 g/mol. The summed E-state index contributed by atoms with van der Waals surface area (Å²) in [5.74, 6) is 1.31. The molecule has 0 spiro atoms. The summed E-state index contributed by atoms with van der Waals surface area (Å²) in [5.41, 5.74) is 1.05. The smallest absolute Gasteiger partial charge is 0.262 e. The minimum atomic E-state index is -3.62. The molecule has 2 aromatic heterocycles. The van der Waals surface area contributed by atoms with Gasteiger partial charge in [0.25, 0.3) is 5.91 Å². The van der Waals surface area contributed by atoms with E-state index in [1.807, 2.05) is 18.2 Å². The maximum atomic E-state index is 13.0. The van der Waals surface area contributed by atoms with Crippen LogP contribution >= 0.6 is 23.1 Å². The lowest BCUT2D eigenvalue weighted by atomic mass is 10.0. The van der Waals surface area contributed by atoms with Crippen molar-refractivity contribution in [3.05, 3.63) is 46.4 Å². The van der Waals surface area contributed by atoms with Crippen LogP contribution in [0.4, 0.5) is 0 Å². The van der Waals surface area contributed by atoms with Crippen molar-refractivity contribution in [3.8, 4) is 0 Å². The van der Waals surface area contributed by atoms with Gasteiger partial charge < -0.3 is 5.32 Å². The lowest BCUT2D eigenvalue weighted by Gasteiger charge is -2.32. The number of nitrogens with zero attached hydrogens (tertiary/aromatic N) is 3. The summed E-state index contributed by atoms with van der Waals surface area (Å²) in [6, 6.07) is 7.54. The fourth-order valence-electron chi connectivity index (χ4n) is 3.80. The highest BCUT2D eigenvalue weighted by Gasteiger charge is 2.32. The second-order valence-corrected chi connectivity index (χ2v) is 11.5. The molecule has 1 N–H and O–H groups in total. The Bertz CT molecular complexity index is 951. The quantitative estimate of drug-likeness (QED) is 0.703. The number of thioether (sulfide) groups is 1. The molecule has 0 aliphatic carbocycles. The highest BCUT2D eigenvalue weighted by Crippen LogP contribution is 2.27. The van der Waals surface area contributed by atoms with E-state index in [9.17, 15) is 13.2 Å². The molecule has 4 heterocycles. The predicted octanol–water partition coefficient (Wildman–Crippen LogP) is 2.28. The van der Waals surface area contributed by atoms with Gasteiger partial charge in [-0.2, -0.15) is 16.1 Å². The highest BCUT2D eigenvalue weighted by atomic mass is 32.2. The summed E-state index contributed by atoms with van der Waals surface area (Å²) >= 11 is 2.95. The van der Waals surface area contributed by atoms with Crippen LogP contribution in [0.15, 0.2) is 40.7 Å². The van der Waals surface area contributed by atoms with Crippen molar-refractivity contribution in [1.29, 1.82) is 0 Å². The molecule has 10 heteroatoms. The Morgan fingerprint density at radius 3 is 2.60 bits per heavy atom. The fraction of sp³-hybridized carbons (Fsp3) is 0.500. The molecule has 2 aromatic rings. The number of amides is 1. The van der Waals surface area contributed by atoms with Crippen LogP contribution in [0.3, 0.4) is 0 Å². The second-order valence-electron chi connectivity index (χ2n) is 7.48. The van der Waals surface area contributed by atoms with Gasteiger partial charge in [-0.15, -0.1) is 11.3 Å². The molecule has 0 saturated carbocycles.